The lowest BCUT2D eigenvalue weighted by Crippen LogP contribution is -2.39. The molecule has 1 aromatic carbocycles. The number of nitrogens with one attached hydrogen (secondary N) is 2. The number of hydrogen-bond acceptors (Lipinski definition) is 1. The van der Waals surface area contributed by atoms with Gasteiger partial charge in [-0.3, -0.25) is 4.99 Å². The predicted octanol–water partition coefficient (Wildman–Crippen LogP) is 3.80. The van der Waals surface area contributed by atoms with Gasteiger partial charge in [0.2, 0.25) is 0 Å². The third-order valence-corrected chi connectivity index (χ3v) is 4.00. The smallest absolute Gasteiger partial charge is 0.191 e. The van der Waals surface area contributed by atoms with E-state index < -0.39 is 0 Å². The second-order valence-corrected chi connectivity index (χ2v) is 5.63. The van der Waals surface area contributed by atoms with E-state index in [0.29, 0.717) is 0 Å². The third kappa shape index (κ3) is 5.25. The van der Waals surface area contributed by atoms with Crippen LogP contribution in [0.5, 0.6) is 0 Å². The Bertz CT molecular complexity index is 476. The molecule has 0 aliphatic heterocycles. The molecule has 3 heteroatoms. The summed E-state index contributed by atoms with van der Waals surface area (Å²) in [6.07, 6.45) is 8.77. The summed E-state index contributed by atoms with van der Waals surface area (Å²) >= 11 is 0. The zero-order chi connectivity index (χ0) is 14.9. The fraction of sp³-hybridized carbons (Fsp3) is 0.500. The Balaban J connectivity index is 1.77. The second-order valence-electron chi connectivity index (χ2n) is 5.63. The van der Waals surface area contributed by atoms with Crippen molar-refractivity contribution < 1.29 is 0 Å². The van der Waals surface area contributed by atoms with Gasteiger partial charge in [0, 0.05) is 13.6 Å². The molecule has 21 heavy (non-hydrogen) atoms. The lowest BCUT2D eigenvalue weighted by Gasteiger charge is -2.19. The Kier molecular flexibility index (Phi) is 6.32. The van der Waals surface area contributed by atoms with Crippen LogP contribution in [0.3, 0.4) is 0 Å². The monoisotopic (exact) mass is 285 g/mol. The second kappa shape index (κ2) is 8.50. The molecule has 2 N–H and O–H groups in total. The first-order chi connectivity index (χ1) is 10.3. The molecule has 1 aliphatic rings. The van der Waals surface area contributed by atoms with Gasteiger partial charge in [-0.25, -0.2) is 0 Å². The number of aliphatic imine (C=N–C) groups is 1. The highest BCUT2D eigenvalue weighted by molar-refractivity contribution is 5.80. The average Bonchev–Trinajstić information content (AvgIpc) is 2.55. The SMILES string of the molecule is CN=C(NCCC1=CCCCC1)NC(C)c1ccccc1. The standard InChI is InChI=1S/C18H27N3/c1-15(17-11-7-4-8-12-17)21-18(19-2)20-14-13-16-9-5-3-6-10-16/h4,7-9,11-12,15H,3,5-6,10,13-14H2,1-2H3,(H2,19,20,21). The van der Waals surface area contributed by atoms with Crippen molar-refractivity contribution in [3.63, 3.8) is 0 Å². The van der Waals surface area contributed by atoms with Gasteiger partial charge in [0.1, 0.15) is 0 Å². The van der Waals surface area contributed by atoms with Crippen LogP contribution in [0.2, 0.25) is 0 Å². The molecular weight excluding hydrogens is 258 g/mol. The van der Waals surface area contributed by atoms with Crippen LogP contribution in [0.15, 0.2) is 47.0 Å². The first-order valence-electron chi connectivity index (χ1n) is 7.99. The van der Waals surface area contributed by atoms with E-state index in [1.165, 1.54) is 31.2 Å². The molecule has 3 nitrogen and oxygen atoms in total. The van der Waals surface area contributed by atoms with Gasteiger partial charge >= 0.3 is 0 Å². The molecule has 1 unspecified atom stereocenters. The van der Waals surface area contributed by atoms with Crippen molar-refractivity contribution in [2.24, 2.45) is 4.99 Å². The molecule has 114 valence electrons. The van der Waals surface area contributed by atoms with Crippen molar-refractivity contribution in [2.75, 3.05) is 13.6 Å². The topological polar surface area (TPSA) is 36.4 Å². The lowest BCUT2D eigenvalue weighted by atomic mass is 9.97. The molecular formula is C18H27N3. The van der Waals surface area contributed by atoms with E-state index >= 15 is 0 Å². The maximum Gasteiger partial charge on any atom is 0.191 e. The van der Waals surface area contributed by atoms with Crippen LogP contribution in [0.25, 0.3) is 0 Å². The van der Waals surface area contributed by atoms with E-state index in [1.807, 2.05) is 13.1 Å². The summed E-state index contributed by atoms with van der Waals surface area (Å²) in [5.41, 5.74) is 2.87. The Morgan fingerprint density at radius 2 is 2.05 bits per heavy atom. The molecule has 0 spiro atoms. The summed E-state index contributed by atoms with van der Waals surface area (Å²) in [5, 5.41) is 6.86. The molecule has 1 atom stereocenters. The number of nitrogens with zero attached hydrogens (tertiary/aromatic N) is 1. The highest BCUT2D eigenvalue weighted by atomic mass is 15.2. The molecule has 0 saturated heterocycles. The van der Waals surface area contributed by atoms with Crippen LogP contribution in [0, 0.1) is 0 Å². The van der Waals surface area contributed by atoms with Crippen LogP contribution in [0.1, 0.15) is 50.6 Å². The fourth-order valence-corrected chi connectivity index (χ4v) is 2.70. The third-order valence-electron chi connectivity index (χ3n) is 4.00. The van der Waals surface area contributed by atoms with E-state index in [1.54, 1.807) is 5.57 Å². The highest BCUT2D eigenvalue weighted by Crippen LogP contribution is 2.19. The highest BCUT2D eigenvalue weighted by Gasteiger charge is 2.08. The van der Waals surface area contributed by atoms with E-state index in [4.69, 9.17) is 0 Å². The lowest BCUT2D eigenvalue weighted by molar-refractivity contribution is 0.654. The zero-order valence-electron chi connectivity index (χ0n) is 13.2. The summed E-state index contributed by atoms with van der Waals surface area (Å²) in [5.74, 6) is 0.878. The number of hydrogen-bond donors (Lipinski definition) is 2. The summed E-state index contributed by atoms with van der Waals surface area (Å²) in [4.78, 5) is 4.31. The molecule has 1 aliphatic carbocycles. The van der Waals surface area contributed by atoms with Crippen molar-refractivity contribution in [3.05, 3.63) is 47.5 Å². The van der Waals surface area contributed by atoms with E-state index in [-0.39, 0.29) is 6.04 Å². The average molecular weight is 285 g/mol. The number of guanidine groups is 1. The Morgan fingerprint density at radius 3 is 2.71 bits per heavy atom. The quantitative estimate of drug-likeness (QED) is 0.490. The molecule has 0 fully saturated rings. The summed E-state index contributed by atoms with van der Waals surface area (Å²) in [7, 11) is 1.83. The van der Waals surface area contributed by atoms with Crippen LogP contribution in [-0.4, -0.2) is 19.6 Å². The van der Waals surface area contributed by atoms with Crippen molar-refractivity contribution in [2.45, 2.75) is 45.1 Å². The first-order valence-corrected chi connectivity index (χ1v) is 7.99. The Labute approximate surface area is 128 Å². The fourth-order valence-electron chi connectivity index (χ4n) is 2.70. The van der Waals surface area contributed by atoms with Crippen LogP contribution >= 0.6 is 0 Å². The van der Waals surface area contributed by atoms with Gasteiger partial charge in [0.15, 0.2) is 5.96 Å². The summed E-state index contributed by atoms with van der Waals surface area (Å²) in [6.45, 7) is 3.11. The Hall–Kier alpha value is -1.77. The summed E-state index contributed by atoms with van der Waals surface area (Å²) < 4.78 is 0. The van der Waals surface area contributed by atoms with Gasteiger partial charge in [-0.05, 0) is 44.6 Å². The number of allylic oxidation sites excluding steroid dienone is 1. The van der Waals surface area contributed by atoms with Crippen molar-refractivity contribution in [3.8, 4) is 0 Å². The van der Waals surface area contributed by atoms with Gasteiger partial charge in [0.25, 0.3) is 0 Å². The van der Waals surface area contributed by atoms with Crippen LogP contribution < -0.4 is 10.6 Å². The van der Waals surface area contributed by atoms with Gasteiger partial charge < -0.3 is 10.6 Å². The minimum Gasteiger partial charge on any atom is -0.356 e. The van der Waals surface area contributed by atoms with E-state index in [0.717, 1.165) is 18.9 Å². The summed E-state index contributed by atoms with van der Waals surface area (Å²) in [6, 6.07) is 10.7. The number of benzene rings is 1. The van der Waals surface area contributed by atoms with Gasteiger partial charge in [-0.1, -0.05) is 42.0 Å². The predicted molar refractivity (Wildman–Crippen MR) is 90.5 cm³/mol. The molecule has 2 rings (SSSR count). The van der Waals surface area contributed by atoms with Crippen molar-refractivity contribution in [1.29, 1.82) is 0 Å². The molecule has 0 amide bonds. The molecule has 0 aromatic heterocycles. The minimum absolute atomic E-state index is 0.256. The van der Waals surface area contributed by atoms with Crippen LogP contribution in [0.4, 0.5) is 0 Å². The molecule has 0 heterocycles. The number of rotatable bonds is 5. The van der Waals surface area contributed by atoms with Gasteiger partial charge in [-0.15, -0.1) is 0 Å². The minimum atomic E-state index is 0.256. The molecule has 0 bridgehead atoms. The zero-order valence-corrected chi connectivity index (χ0v) is 13.2. The van der Waals surface area contributed by atoms with Crippen molar-refractivity contribution >= 4 is 5.96 Å². The first kappa shape index (κ1) is 15.6. The van der Waals surface area contributed by atoms with Gasteiger partial charge in [-0.2, -0.15) is 0 Å². The Morgan fingerprint density at radius 1 is 1.24 bits per heavy atom. The maximum absolute atomic E-state index is 4.31. The molecule has 0 radical (unpaired) electrons. The largest absolute Gasteiger partial charge is 0.356 e. The van der Waals surface area contributed by atoms with E-state index in [2.05, 4.69) is 52.9 Å². The van der Waals surface area contributed by atoms with Crippen LogP contribution in [-0.2, 0) is 0 Å². The maximum atomic E-state index is 4.31. The molecule has 0 saturated carbocycles. The van der Waals surface area contributed by atoms with E-state index in [9.17, 15) is 0 Å². The normalized spacial score (nSPS) is 17.0. The van der Waals surface area contributed by atoms with Crippen molar-refractivity contribution in [1.82, 2.24) is 10.6 Å². The molecule has 1 aromatic rings. The van der Waals surface area contributed by atoms with Gasteiger partial charge in [0.05, 0.1) is 6.04 Å².